The number of carbonyl (C=O) groups is 1. The molecule has 6 heteroatoms. The Balaban J connectivity index is 1.98. The molecule has 2 aromatic rings. The maximum absolute atomic E-state index is 11.6. The molecule has 0 aliphatic carbocycles. The lowest BCUT2D eigenvalue weighted by Gasteiger charge is -2.44. The SMILES string of the molecule is CC(=O)O[C@@H]1[C@@H](C)OC[C@]1(O)/C=C/[C@H](C)O[Si](c1ccccc1)(c1ccccc1)C(C)(C)C. The molecule has 2 aromatic carbocycles. The van der Waals surface area contributed by atoms with Gasteiger partial charge in [0.2, 0.25) is 0 Å². The zero-order valence-corrected chi connectivity index (χ0v) is 21.4. The first-order chi connectivity index (χ1) is 15.5. The maximum atomic E-state index is 11.6. The molecule has 5 nitrogen and oxygen atoms in total. The van der Waals surface area contributed by atoms with E-state index >= 15 is 0 Å². The summed E-state index contributed by atoms with van der Waals surface area (Å²) in [6.07, 6.45) is 2.08. The van der Waals surface area contributed by atoms with Gasteiger partial charge in [-0.15, -0.1) is 0 Å². The Hall–Kier alpha value is -2.25. The second-order valence-electron chi connectivity index (χ2n) is 9.88. The molecule has 0 aromatic heterocycles. The molecule has 1 aliphatic rings. The molecule has 1 aliphatic heterocycles. The minimum atomic E-state index is -2.72. The van der Waals surface area contributed by atoms with Crippen molar-refractivity contribution < 1.29 is 23.8 Å². The second kappa shape index (κ2) is 9.93. The highest BCUT2D eigenvalue weighted by Crippen LogP contribution is 2.38. The number of rotatable bonds is 7. The van der Waals surface area contributed by atoms with Gasteiger partial charge in [0.05, 0.1) is 18.8 Å². The first-order valence-corrected chi connectivity index (χ1v) is 13.4. The highest BCUT2D eigenvalue weighted by atomic mass is 28.4. The van der Waals surface area contributed by atoms with Crippen LogP contribution in [0.2, 0.25) is 5.04 Å². The minimum absolute atomic E-state index is 0.0640. The summed E-state index contributed by atoms with van der Waals surface area (Å²) >= 11 is 0. The van der Waals surface area contributed by atoms with Crippen LogP contribution in [0, 0.1) is 0 Å². The van der Waals surface area contributed by atoms with Gasteiger partial charge in [0.15, 0.2) is 6.10 Å². The molecule has 0 amide bonds. The molecule has 0 spiro atoms. The van der Waals surface area contributed by atoms with Crippen molar-refractivity contribution in [3.63, 3.8) is 0 Å². The van der Waals surface area contributed by atoms with Crippen LogP contribution in [0.5, 0.6) is 0 Å². The molecule has 178 valence electrons. The lowest BCUT2D eigenvalue weighted by Crippen LogP contribution is -2.67. The lowest BCUT2D eigenvalue weighted by atomic mass is 9.96. The Morgan fingerprint density at radius 3 is 2.09 bits per heavy atom. The van der Waals surface area contributed by atoms with E-state index in [1.807, 2.05) is 25.1 Å². The van der Waals surface area contributed by atoms with Gasteiger partial charge in [-0.05, 0) is 35.3 Å². The summed E-state index contributed by atoms with van der Waals surface area (Å²) in [5.41, 5.74) is -1.39. The fourth-order valence-corrected chi connectivity index (χ4v) is 9.32. The average molecular weight is 469 g/mol. The van der Waals surface area contributed by atoms with Crippen molar-refractivity contribution in [2.45, 2.75) is 70.5 Å². The third kappa shape index (κ3) is 5.30. The number of esters is 1. The Morgan fingerprint density at radius 1 is 1.12 bits per heavy atom. The summed E-state index contributed by atoms with van der Waals surface area (Å²) in [6, 6.07) is 20.9. The topological polar surface area (TPSA) is 65.0 Å². The van der Waals surface area contributed by atoms with Gasteiger partial charge in [-0.25, -0.2) is 0 Å². The van der Waals surface area contributed by atoms with Gasteiger partial charge in [0.25, 0.3) is 8.32 Å². The summed E-state index contributed by atoms with van der Waals surface area (Å²) in [7, 11) is -2.72. The van der Waals surface area contributed by atoms with E-state index in [1.54, 1.807) is 13.0 Å². The standard InChI is InChI=1S/C27H36O5Si/c1-20(17-18-27(29)19-30-21(2)25(27)31-22(3)28)32-33(26(4,5)6,23-13-9-7-10-14-23)24-15-11-8-12-16-24/h7-18,20-21,25,29H,19H2,1-6H3/b18-17+/t20-,21+,25+,27+/m0/s1. The lowest BCUT2D eigenvalue weighted by molar-refractivity contribution is -0.155. The number of benzene rings is 2. The van der Waals surface area contributed by atoms with E-state index in [0.717, 1.165) is 0 Å². The molecule has 0 saturated carbocycles. The summed E-state index contributed by atoms with van der Waals surface area (Å²) in [5, 5.41) is 13.4. The van der Waals surface area contributed by atoms with Crippen molar-refractivity contribution in [2.24, 2.45) is 0 Å². The predicted molar refractivity (Wildman–Crippen MR) is 133 cm³/mol. The van der Waals surface area contributed by atoms with Crippen LogP contribution in [-0.4, -0.2) is 49.9 Å². The molecule has 1 saturated heterocycles. The van der Waals surface area contributed by atoms with Crippen molar-refractivity contribution in [3.8, 4) is 0 Å². The molecule has 3 rings (SSSR count). The molecule has 1 fully saturated rings. The van der Waals surface area contributed by atoms with E-state index in [2.05, 4.69) is 69.3 Å². The third-order valence-electron chi connectivity index (χ3n) is 6.22. The van der Waals surface area contributed by atoms with Crippen molar-refractivity contribution >= 4 is 24.7 Å². The molecular weight excluding hydrogens is 432 g/mol. The van der Waals surface area contributed by atoms with E-state index in [0.29, 0.717) is 0 Å². The number of carbonyl (C=O) groups excluding carboxylic acids is 1. The van der Waals surface area contributed by atoms with Crippen LogP contribution in [0.3, 0.4) is 0 Å². The van der Waals surface area contributed by atoms with Crippen molar-refractivity contribution in [2.75, 3.05) is 6.61 Å². The van der Waals surface area contributed by atoms with Crippen molar-refractivity contribution in [3.05, 3.63) is 72.8 Å². The largest absolute Gasteiger partial charge is 0.456 e. The number of aliphatic hydroxyl groups is 1. The van der Waals surface area contributed by atoms with Crippen LogP contribution in [0.25, 0.3) is 0 Å². The van der Waals surface area contributed by atoms with E-state index in [9.17, 15) is 9.90 Å². The Morgan fingerprint density at radius 2 is 1.64 bits per heavy atom. The van der Waals surface area contributed by atoms with Gasteiger partial charge in [-0.2, -0.15) is 0 Å². The predicted octanol–water partition coefficient (Wildman–Crippen LogP) is 3.59. The monoisotopic (exact) mass is 468 g/mol. The third-order valence-corrected chi connectivity index (χ3v) is 11.4. The molecule has 33 heavy (non-hydrogen) atoms. The van der Waals surface area contributed by atoms with Gasteiger partial charge < -0.3 is 19.0 Å². The normalized spacial score (nSPS) is 24.7. The highest BCUT2D eigenvalue weighted by Gasteiger charge is 2.51. The van der Waals surface area contributed by atoms with Crippen molar-refractivity contribution in [1.29, 1.82) is 0 Å². The van der Waals surface area contributed by atoms with Crippen LogP contribution < -0.4 is 10.4 Å². The van der Waals surface area contributed by atoms with Crippen LogP contribution in [0.1, 0.15) is 41.5 Å². The number of ether oxygens (including phenoxy) is 2. The average Bonchev–Trinajstić information content (AvgIpc) is 3.05. The van der Waals surface area contributed by atoms with Crippen molar-refractivity contribution in [1.82, 2.24) is 0 Å². The zero-order chi connectivity index (χ0) is 24.3. The molecular formula is C27H36O5Si. The second-order valence-corrected chi connectivity index (χ2v) is 14.1. The van der Waals surface area contributed by atoms with Gasteiger partial charge in [0.1, 0.15) is 5.60 Å². The molecule has 0 bridgehead atoms. The molecule has 1 N–H and O–H groups in total. The van der Waals surface area contributed by atoms with Gasteiger partial charge in [-0.1, -0.05) is 87.5 Å². The van der Waals surface area contributed by atoms with Crippen LogP contribution in [0.15, 0.2) is 72.8 Å². The Labute approximate surface area is 198 Å². The van der Waals surface area contributed by atoms with Crippen LogP contribution in [-0.2, 0) is 18.7 Å². The minimum Gasteiger partial charge on any atom is -0.456 e. The van der Waals surface area contributed by atoms with Crippen LogP contribution in [0.4, 0.5) is 0 Å². The van der Waals surface area contributed by atoms with E-state index < -0.39 is 32.1 Å². The van der Waals surface area contributed by atoms with E-state index in [1.165, 1.54) is 17.3 Å². The quantitative estimate of drug-likeness (QED) is 0.382. The van der Waals surface area contributed by atoms with Crippen LogP contribution >= 0.6 is 0 Å². The van der Waals surface area contributed by atoms with E-state index in [-0.39, 0.29) is 17.7 Å². The Kier molecular flexibility index (Phi) is 7.64. The highest BCUT2D eigenvalue weighted by molar-refractivity contribution is 6.99. The molecule has 4 atom stereocenters. The zero-order valence-electron chi connectivity index (χ0n) is 20.4. The first-order valence-electron chi connectivity index (χ1n) is 11.5. The summed E-state index contributed by atoms with van der Waals surface area (Å²) < 4.78 is 18.0. The van der Waals surface area contributed by atoms with Gasteiger partial charge in [-0.3, -0.25) is 4.79 Å². The van der Waals surface area contributed by atoms with Gasteiger partial charge in [0, 0.05) is 6.92 Å². The summed E-state index contributed by atoms with van der Waals surface area (Å²) in [5.74, 6) is -0.444. The number of hydrogen-bond donors (Lipinski definition) is 1. The molecule has 1 heterocycles. The smallest absolute Gasteiger partial charge is 0.303 e. The molecule has 0 radical (unpaired) electrons. The first kappa shape index (κ1) is 25.4. The van der Waals surface area contributed by atoms with E-state index in [4.69, 9.17) is 13.9 Å². The number of hydrogen-bond acceptors (Lipinski definition) is 5. The summed E-state index contributed by atoms with van der Waals surface area (Å²) in [6.45, 7) is 11.9. The van der Waals surface area contributed by atoms with Gasteiger partial charge >= 0.3 is 5.97 Å². The Bertz CT molecular complexity index is 914. The fourth-order valence-electron chi connectivity index (χ4n) is 4.67. The molecule has 0 unspecified atom stereocenters. The summed E-state index contributed by atoms with van der Waals surface area (Å²) in [4.78, 5) is 11.6. The maximum Gasteiger partial charge on any atom is 0.303 e. The fraction of sp³-hybridized carbons (Fsp3) is 0.444.